The number of aliphatic hydroxyl groups excluding tert-OH is 2. The molecule has 0 bridgehead atoms. The number of hydrogen-bond donors (Lipinski definition) is 2. The maximum absolute atomic E-state index is 12.8. The molecule has 0 aromatic heterocycles. The highest BCUT2D eigenvalue weighted by atomic mass is 19.4. The molecule has 2 aliphatic rings. The normalized spacial score (nSPS) is 45.7. The van der Waals surface area contributed by atoms with E-state index >= 15 is 0 Å². The van der Waals surface area contributed by atoms with Crippen molar-refractivity contribution < 1.29 is 32.9 Å². The molecule has 1 aliphatic carbocycles. The summed E-state index contributed by atoms with van der Waals surface area (Å²) in [6.45, 7) is 2.97. The molecule has 0 aromatic rings. The van der Waals surface area contributed by atoms with Gasteiger partial charge < -0.3 is 19.7 Å². The summed E-state index contributed by atoms with van der Waals surface area (Å²) in [5.74, 6) is -2.99. The van der Waals surface area contributed by atoms with E-state index in [1.54, 1.807) is 0 Å². The van der Waals surface area contributed by atoms with Gasteiger partial charge in [-0.3, -0.25) is 0 Å². The van der Waals surface area contributed by atoms with Crippen LogP contribution in [0.4, 0.5) is 13.2 Å². The minimum absolute atomic E-state index is 0.564. The number of hydrogen-bond acceptors (Lipinski definition) is 4. The average Bonchev–Trinajstić information content (AvgIpc) is 2.46. The van der Waals surface area contributed by atoms with Crippen molar-refractivity contribution in [2.24, 2.45) is 5.92 Å². The Kier molecular flexibility index (Phi) is 2.93. The Hall–Kier alpha value is -0.370. The Morgan fingerprint density at radius 1 is 1.12 bits per heavy atom. The van der Waals surface area contributed by atoms with Crippen molar-refractivity contribution in [1.82, 2.24) is 0 Å². The van der Waals surface area contributed by atoms with Gasteiger partial charge in [-0.15, -0.1) is 0 Å². The maximum atomic E-state index is 12.8. The van der Waals surface area contributed by atoms with Gasteiger partial charge in [-0.25, -0.2) is 0 Å². The van der Waals surface area contributed by atoms with E-state index in [-0.39, 0.29) is 0 Å². The largest absolute Gasteiger partial charge is 0.394 e. The van der Waals surface area contributed by atoms with Crippen LogP contribution in [0.3, 0.4) is 0 Å². The number of ether oxygens (including phenoxy) is 2. The number of alkyl halides is 3. The lowest BCUT2D eigenvalue weighted by atomic mass is 9.80. The lowest BCUT2D eigenvalue weighted by Gasteiger charge is -2.38. The van der Waals surface area contributed by atoms with Crippen molar-refractivity contribution >= 4 is 0 Å². The first-order valence-corrected chi connectivity index (χ1v) is 5.40. The minimum atomic E-state index is -4.48. The Morgan fingerprint density at radius 2 is 1.65 bits per heavy atom. The summed E-state index contributed by atoms with van der Waals surface area (Å²) >= 11 is 0. The van der Waals surface area contributed by atoms with Crippen LogP contribution in [-0.2, 0) is 9.47 Å². The van der Waals surface area contributed by atoms with E-state index in [0.717, 1.165) is 0 Å². The van der Waals surface area contributed by atoms with Crippen LogP contribution >= 0.6 is 0 Å². The summed E-state index contributed by atoms with van der Waals surface area (Å²) in [7, 11) is 0. The van der Waals surface area contributed by atoms with Gasteiger partial charge >= 0.3 is 6.18 Å². The maximum Gasteiger partial charge on any atom is 0.394 e. The van der Waals surface area contributed by atoms with Crippen LogP contribution in [0.15, 0.2) is 0 Å². The molecule has 5 atom stereocenters. The van der Waals surface area contributed by atoms with Gasteiger partial charge in [0.15, 0.2) is 5.79 Å². The summed E-state index contributed by atoms with van der Waals surface area (Å²) in [6.07, 6.45) is -10.2. The minimum Gasteiger partial charge on any atom is -0.390 e. The molecule has 2 fully saturated rings. The fourth-order valence-electron chi connectivity index (χ4n) is 2.47. The average molecular weight is 256 g/mol. The summed E-state index contributed by atoms with van der Waals surface area (Å²) in [5, 5.41) is 19.1. The zero-order chi connectivity index (χ0) is 13.0. The second-order valence-corrected chi connectivity index (χ2v) is 5.01. The van der Waals surface area contributed by atoms with Gasteiger partial charge in [-0.05, 0) is 20.3 Å². The monoisotopic (exact) mass is 256 g/mol. The molecular formula is C10H15F3O4. The molecule has 1 heterocycles. The molecule has 7 heteroatoms. The van der Waals surface area contributed by atoms with Gasteiger partial charge in [0.25, 0.3) is 0 Å². The van der Waals surface area contributed by atoms with E-state index in [2.05, 4.69) is 0 Å². The third-order valence-electron chi connectivity index (χ3n) is 3.21. The quantitative estimate of drug-likeness (QED) is 0.673. The predicted octanol–water partition coefficient (Wildman–Crippen LogP) is 0.810. The third-order valence-corrected chi connectivity index (χ3v) is 3.21. The van der Waals surface area contributed by atoms with E-state index in [1.807, 2.05) is 0 Å². The molecule has 100 valence electrons. The number of aliphatic hydroxyl groups is 2. The van der Waals surface area contributed by atoms with Crippen LogP contribution in [0, 0.1) is 5.92 Å². The van der Waals surface area contributed by atoms with E-state index in [0.29, 0.717) is 0 Å². The lowest BCUT2D eigenvalue weighted by molar-refractivity contribution is -0.235. The molecular weight excluding hydrogens is 241 g/mol. The van der Waals surface area contributed by atoms with Crippen LogP contribution in [0.25, 0.3) is 0 Å². The van der Waals surface area contributed by atoms with Crippen molar-refractivity contribution in [2.75, 3.05) is 0 Å². The molecule has 2 N–H and O–H groups in total. The van der Waals surface area contributed by atoms with Gasteiger partial charge in [0.05, 0.1) is 12.0 Å². The van der Waals surface area contributed by atoms with Crippen molar-refractivity contribution in [1.29, 1.82) is 0 Å². The number of rotatable bonds is 0. The number of halogens is 3. The van der Waals surface area contributed by atoms with E-state index in [4.69, 9.17) is 9.47 Å². The fourth-order valence-corrected chi connectivity index (χ4v) is 2.47. The Morgan fingerprint density at radius 3 is 2.18 bits per heavy atom. The van der Waals surface area contributed by atoms with Crippen LogP contribution in [0.1, 0.15) is 20.3 Å². The van der Waals surface area contributed by atoms with Crippen LogP contribution < -0.4 is 0 Å². The Balaban J connectivity index is 2.27. The summed E-state index contributed by atoms with van der Waals surface area (Å²) in [5.41, 5.74) is 0. The molecule has 1 aliphatic heterocycles. The number of fused-ring (bicyclic) bond motifs is 1. The second-order valence-electron chi connectivity index (χ2n) is 5.01. The van der Waals surface area contributed by atoms with Crippen LogP contribution in [0.5, 0.6) is 0 Å². The molecule has 1 saturated heterocycles. The predicted molar refractivity (Wildman–Crippen MR) is 50.0 cm³/mol. The van der Waals surface area contributed by atoms with Crippen LogP contribution in [-0.4, -0.2) is 46.6 Å². The zero-order valence-electron chi connectivity index (χ0n) is 9.44. The third kappa shape index (κ3) is 2.29. The smallest absolute Gasteiger partial charge is 0.390 e. The van der Waals surface area contributed by atoms with E-state index < -0.39 is 48.7 Å². The summed E-state index contributed by atoms with van der Waals surface area (Å²) in [4.78, 5) is 0. The Labute approximate surface area is 96.3 Å². The lowest BCUT2D eigenvalue weighted by Crippen LogP contribution is -2.55. The molecule has 0 aromatic carbocycles. The molecule has 2 rings (SSSR count). The molecule has 0 radical (unpaired) electrons. The first-order valence-electron chi connectivity index (χ1n) is 5.40. The van der Waals surface area contributed by atoms with E-state index in [9.17, 15) is 23.4 Å². The SMILES string of the molecule is CC1(C)O[C@H]2[C@H](O)[C@@H](O)C[C@@H](C(F)(F)F)[C@H]2O1. The van der Waals surface area contributed by atoms with Gasteiger partial charge in [-0.2, -0.15) is 13.2 Å². The zero-order valence-corrected chi connectivity index (χ0v) is 9.44. The molecule has 0 spiro atoms. The highest BCUT2D eigenvalue weighted by Gasteiger charge is 2.60. The van der Waals surface area contributed by atoms with Gasteiger partial charge in [0.1, 0.15) is 18.3 Å². The molecule has 17 heavy (non-hydrogen) atoms. The van der Waals surface area contributed by atoms with Gasteiger partial charge in [-0.1, -0.05) is 0 Å². The molecule has 1 saturated carbocycles. The highest BCUT2D eigenvalue weighted by Crippen LogP contribution is 2.46. The van der Waals surface area contributed by atoms with Crippen LogP contribution in [0.2, 0.25) is 0 Å². The molecule has 0 unspecified atom stereocenters. The van der Waals surface area contributed by atoms with Crippen molar-refractivity contribution in [3.8, 4) is 0 Å². The van der Waals surface area contributed by atoms with Crippen molar-refractivity contribution in [3.05, 3.63) is 0 Å². The topological polar surface area (TPSA) is 58.9 Å². The fraction of sp³-hybridized carbons (Fsp3) is 1.00. The standard InChI is InChI=1S/C10H15F3O4/c1-9(2)16-7-4(10(11,12)13)3-5(14)6(15)8(7)17-9/h4-8,14-15H,3H2,1-2H3/t4-,5+,6-,7-,8+/m1/s1. The highest BCUT2D eigenvalue weighted by molar-refractivity contribution is 5.00. The van der Waals surface area contributed by atoms with E-state index in [1.165, 1.54) is 13.8 Å². The summed E-state index contributed by atoms with van der Waals surface area (Å²) in [6, 6.07) is 0. The first kappa shape index (κ1) is 13.1. The molecule has 0 amide bonds. The first-order chi connectivity index (χ1) is 7.62. The van der Waals surface area contributed by atoms with Crippen molar-refractivity contribution in [3.63, 3.8) is 0 Å². The van der Waals surface area contributed by atoms with Crippen molar-refractivity contribution in [2.45, 2.75) is 56.6 Å². The molecule has 4 nitrogen and oxygen atoms in total. The second kappa shape index (κ2) is 3.81. The Bertz CT molecular complexity index is 304. The van der Waals surface area contributed by atoms with Gasteiger partial charge in [0.2, 0.25) is 0 Å². The van der Waals surface area contributed by atoms with Gasteiger partial charge in [0, 0.05) is 0 Å². The summed E-state index contributed by atoms with van der Waals surface area (Å²) < 4.78 is 48.8.